The van der Waals surface area contributed by atoms with Crippen molar-refractivity contribution in [2.45, 2.75) is 39.3 Å². The molecule has 23 heavy (non-hydrogen) atoms. The van der Waals surface area contributed by atoms with E-state index in [1.54, 1.807) is 11.1 Å². The van der Waals surface area contributed by atoms with E-state index in [9.17, 15) is 4.79 Å². The van der Waals surface area contributed by atoms with Crippen LogP contribution in [0.3, 0.4) is 0 Å². The van der Waals surface area contributed by atoms with E-state index < -0.39 is 0 Å². The monoisotopic (exact) mass is 313 g/mol. The molecule has 0 bridgehead atoms. The minimum Gasteiger partial charge on any atom is -0.490 e. The van der Waals surface area contributed by atoms with Gasteiger partial charge in [0, 0.05) is 24.9 Å². The quantitative estimate of drug-likeness (QED) is 0.944. The number of aromatic amines is 1. The molecule has 1 aliphatic rings. The number of nitrogens with one attached hydrogen (secondary N) is 1. The normalized spacial score (nSPS) is 22.3. The molecule has 1 saturated carbocycles. The summed E-state index contributed by atoms with van der Waals surface area (Å²) in [5, 5.41) is 0. The summed E-state index contributed by atoms with van der Waals surface area (Å²) in [5.41, 5.74) is 0.434. The van der Waals surface area contributed by atoms with Crippen molar-refractivity contribution in [3.05, 3.63) is 48.0 Å². The predicted molar refractivity (Wildman–Crippen MR) is 88.5 cm³/mol. The van der Waals surface area contributed by atoms with Crippen LogP contribution in [0.5, 0.6) is 5.75 Å². The van der Waals surface area contributed by atoms with E-state index >= 15 is 0 Å². The second kappa shape index (κ2) is 5.72. The fraction of sp³-hybridized carbons (Fsp3) is 0.444. The Morgan fingerprint density at radius 2 is 2.04 bits per heavy atom. The third-order valence-electron chi connectivity index (χ3n) is 4.87. The number of amides is 1. The van der Waals surface area contributed by atoms with E-state index in [-0.39, 0.29) is 23.5 Å². The highest BCUT2D eigenvalue weighted by molar-refractivity contribution is 5.92. The van der Waals surface area contributed by atoms with Crippen molar-refractivity contribution in [2.24, 2.45) is 5.41 Å². The second-order valence-corrected chi connectivity index (χ2v) is 6.79. The zero-order valence-corrected chi connectivity index (χ0v) is 14.0. The summed E-state index contributed by atoms with van der Waals surface area (Å²) in [6, 6.07) is 9.98. The van der Waals surface area contributed by atoms with Crippen LogP contribution in [0.2, 0.25) is 0 Å². The first-order chi connectivity index (χ1) is 10.9. The van der Waals surface area contributed by atoms with Gasteiger partial charge in [0.2, 0.25) is 0 Å². The number of aromatic nitrogens is 2. The molecule has 3 rings (SSSR count). The maximum atomic E-state index is 12.6. The van der Waals surface area contributed by atoms with Crippen LogP contribution < -0.4 is 4.74 Å². The number of carbonyl (C=O) groups is 1. The van der Waals surface area contributed by atoms with E-state index in [0.717, 1.165) is 18.0 Å². The lowest BCUT2D eigenvalue weighted by atomic mass is 9.63. The molecule has 0 saturated heterocycles. The minimum absolute atomic E-state index is 0.0261. The Morgan fingerprint density at radius 1 is 1.35 bits per heavy atom. The van der Waals surface area contributed by atoms with Crippen LogP contribution in [-0.4, -0.2) is 40.0 Å². The third-order valence-corrected chi connectivity index (χ3v) is 4.87. The van der Waals surface area contributed by atoms with Crippen molar-refractivity contribution in [3.63, 3.8) is 0 Å². The lowest BCUT2D eigenvalue weighted by Gasteiger charge is -2.54. The maximum absolute atomic E-state index is 12.6. The molecule has 1 fully saturated rings. The van der Waals surface area contributed by atoms with Gasteiger partial charge in [-0.2, -0.15) is 0 Å². The molecular weight excluding hydrogens is 290 g/mol. The fourth-order valence-electron chi connectivity index (χ4n) is 3.25. The highest BCUT2D eigenvalue weighted by Gasteiger charge is 2.53. The Morgan fingerprint density at radius 3 is 2.61 bits per heavy atom. The molecule has 0 spiro atoms. The summed E-state index contributed by atoms with van der Waals surface area (Å²) in [5.74, 6) is 1.60. The Hall–Kier alpha value is -2.30. The number of carbonyl (C=O) groups excluding carboxylic acids is 1. The van der Waals surface area contributed by atoms with Crippen molar-refractivity contribution in [1.82, 2.24) is 14.9 Å². The molecule has 1 aliphatic carbocycles. The summed E-state index contributed by atoms with van der Waals surface area (Å²) >= 11 is 0. The van der Waals surface area contributed by atoms with Crippen molar-refractivity contribution in [1.29, 1.82) is 0 Å². The Kier molecular flexibility index (Phi) is 3.88. The molecule has 0 unspecified atom stereocenters. The number of para-hydroxylation sites is 1. The van der Waals surface area contributed by atoms with E-state index in [1.165, 1.54) is 0 Å². The fourth-order valence-corrected chi connectivity index (χ4v) is 3.25. The highest BCUT2D eigenvalue weighted by Crippen LogP contribution is 2.45. The van der Waals surface area contributed by atoms with Crippen LogP contribution in [-0.2, 0) is 0 Å². The summed E-state index contributed by atoms with van der Waals surface area (Å²) in [4.78, 5) is 21.5. The number of rotatable bonds is 4. The van der Waals surface area contributed by atoms with Gasteiger partial charge in [-0.15, -0.1) is 0 Å². The first kappa shape index (κ1) is 15.6. The molecule has 2 aromatic rings. The Labute approximate surface area is 136 Å². The molecule has 0 aliphatic heterocycles. The topological polar surface area (TPSA) is 58.2 Å². The summed E-state index contributed by atoms with van der Waals surface area (Å²) in [6.07, 6.45) is 2.53. The zero-order chi connectivity index (χ0) is 16.6. The zero-order valence-electron chi connectivity index (χ0n) is 14.0. The molecule has 1 aromatic heterocycles. The molecule has 1 aromatic carbocycles. The van der Waals surface area contributed by atoms with E-state index in [0.29, 0.717) is 5.69 Å². The maximum Gasteiger partial charge on any atom is 0.271 e. The van der Waals surface area contributed by atoms with Gasteiger partial charge in [-0.3, -0.25) is 4.79 Å². The first-order valence-electron chi connectivity index (χ1n) is 7.90. The van der Waals surface area contributed by atoms with Gasteiger partial charge < -0.3 is 14.6 Å². The van der Waals surface area contributed by atoms with Crippen LogP contribution in [0, 0.1) is 12.3 Å². The molecule has 1 heterocycles. The molecule has 0 radical (unpaired) electrons. The smallest absolute Gasteiger partial charge is 0.271 e. The Balaban J connectivity index is 1.67. The van der Waals surface area contributed by atoms with Gasteiger partial charge >= 0.3 is 0 Å². The van der Waals surface area contributed by atoms with Crippen LogP contribution in [0.4, 0.5) is 0 Å². The average molecular weight is 313 g/mol. The van der Waals surface area contributed by atoms with Gasteiger partial charge in [0.05, 0.1) is 6.20 Å². The van der Waals surface area contributed by atoms with Gasteiger partial charge in [0.15, 0.2) is 0 Å². The Bertz CT molecular complexity index is 693. The molecule has 5 heteroatoms. The minimum atomic E-state index is -0.102. The molecule has 1 amide bonds. The molecule has 122 valence electrons. The SMILES string of the molecule is Cc1ncc(C(=O)N(C)[C@H]2C[C@H](Oc3ccccc3)C2(C)C)[nH]1. The molecular formula is C18H23N3O2. The van der Waals surface area contributed by atoms with Crippen molar-refractivity contribution >= 4 is 5.91 Å². The van der Waals surface area contributed by atoms with Gasteiger partial charge in [-0.25, -0.2) is 4.98 Å². The van der Waals surface area contributed by atoms with Crippen LogP contribution in [0.1, 0.15) is 36.6 Å². The average Bonchev–Trinajstić information content (AvgIpc) is 2.97. The van der Waals surface area contributed by atoms with Crippen LogP contribution >= 0.6 is 0 Å². The number of H-pyrrole nitrogens is 1. The van der Waals surface area contributed by atoms with Gasteiger partial charge in [-0.1, -0.05) is 32.0 Å². The number of hydrogen-bond donors (Lipinski definition) is 1. The number of hydrogen-bond acceptors (Lipinski definition) is 3. The lowest BCUT2D eigenvalue weighted by Crippen LogP contribution is -2.63. The third kappa shape index (κ3) is 2.83. The largest absolute Gasteiger partial charge is 0.490 e. The van der Waals surface area contributed by atoms with Gasteiger partial charge in [0.25, 0.3) is 5.91 Å². The van der Waals surface area contributed by atoms with E-state index in [4.69, 9.17) is 4.74 Å². The van der Waals surface area contributed by atoms with Crippen molar-refractivity contribution in [3.8, 4) is 5.75 Å². The molecule has 5 nitrogen and oxygen atoms in total. The number of imidazole rings is 1. The van der Waals surface area contributed by atoms with Gasteiger partial charge in [-0.05, 0) is 19.1 Å². The summed E-state index contributed by atoms with van der Waals surface area (Å²) in [7, 11) is 1.85. The predicted octanol–water partition coefficient (Wildman–Crippen LogP) is 3.04. The summed E-state index contributed by atoms with van der Waals surface area (Å²) in [6.45, 7) is 6.14. The first-order valence-corrected chi connectivity index (χ1v) is 7.90. The molecule has 2 atom stereocenters. The highest BCUT2D eigenvalue weighted by atomic mass is 16.5. The van der Waals surface area contributed by atoms with E-state index in [2.05, 4.69) is 23.8 Å². The molecule has 1 N–H and O–H groups in total. The standard InChI is InChI=1S/C18H23N3O2/c1-12-19-11-14(20-12)17(22)21(4)15-10-16(18(15,2)3)23-13-8-6-5-7-9-13/h5-9,11,15-16H,10H2,1-4H3,(H,19,20)/t15-,16-/m0/s1. The van der Waals surface area contributed by atoms with Crippen molar-refractivity contribution in [2.75, 3.05) is 7.05 Å². The van der Waals surface area contributed by atoms with Crippen LogP contribution in [0.15, 0.2) is 36.5 Å². The lowest BCUT2D eigenvalue weighted by molar-refractivity contribution is -0.0887. The number of benzene rings is 1. The van der Waals surface area contributed by atoms with Crippen molar-refractivity contribution < 1.29 is 9.53 Å². The van der Waals surface area contributed by atoms with Crippen LogP contribution in [0.25, 0.3) is 0 Å². The van der Waals surface area contributed by atoms with Gasteiger partial charge in [0.1, 0.15) is 23.4 Å². The number of ether oxygens (including phenoxy) is 1. The summed E-state index contributed by atoms with van der Waals surface area (Å²) < 4.78 is 6.08. The number of aryl methyl sites for hydroxylation is 1. The van der Waals surface area contributed by atoms with E-state index in [1.807, 2.05) is 44.3 Å². The number of nitrogens with zero attached hydrogens (tertiary/aromatic N) is 2. The second-order valence-electron chi connectivity index (χ2n) is 6.79.